The van der Waals surface area contributed by atoms with Gasteiger partial charge in [-0.2, -0.15) is 0 Å². The molecule has 6 heteroatoms. The molecule has 0 unspecified atom stereocenters. The van der Waals surface area contributed by atoms with E-state index >= 15 is 0 Å². The maximum absolute atomic E-state index is 11.6. The van der Waals surface area contributed by atoms with Gasteiger partial charge >= 0.3 is 5.69 Å². The lowest BCUT2D eigenvalue weighted by Gasteiger charge is -2.07. The normalized spacial score (nSPS) is 10.7. The molecule has 17 heavy (non-hydrogen) atoms. The number of aryl methyl sites for hydroxylation is 1. The van der Waals surface area contributed by atoms with Gasteiger partial charge in [0, 0.05) is 39.5 Å². The molecular formula is C11H19N3O3. The van der Waals surface area contributed by atoms with Gasteiger partial charge in [-0.15, -0.1) is 0 Å². The topological polar surface area (TPSA) is 65.3 Å². The van der Waals surface area contributed by atoms with E-state index in [9.17, 15) is 9.59 Å². The highest BCUT2D eigenvalue weighted by Gasteiger charge is 2.01. The summed E-state index contributed by atoms with van der Waals surface area (Å²) >= 11 is 0. The fourth-order valence-electron chi connectivity index (χ4n) is 1.48. The standard InChI is InChI=1S/C11H19N3O3/c1-13-8-4-10(15)14(11(13)16)7-3-5-12-6-9-17-2/h4,8,12H,3,5-7,9H2,1-2H3. The van der Waals surface area contributed by atoms with Crippen LogP contribution in [0.25, 0.3) is 0 Å². The summed E-state index contributed by atoms with van der Waals surface area (Å²) in [4.78, 5) is 23.1. The molecule has 0 radical (unpaired) electrons. The van der Waals surface area contributed by atoms with Crippen LogP contribution in [0, 0.1) is 0 Å². The van der Waals surface area contributed by atoms with Crippen LogP contribution in [-0.2, 0) is 18.3 Å². The summed E-state index contributed by atoms with van der Waals surface area (Å²) < 4.78 is 7.54. The number of methoxy groups -OCH3 is 1. The molecule has 1 aromatic rings. The third kappa shape index (κ3) is 4.16. The Bertz CT molecular complexity index is 450. The van der Waals surface area contributed by atoms with Gasteiger partial charge in [0.2, 0.25) is 0 Å². The fraction of sp³-hybridized carbons (Fsp3) is 0.636. The Labute approximate surface area is 99.8 Å². The van der Waals surface area contributed by atoms with Crippen LogP contribution in [0.1, 0.15) is 6.42 Å². The highest BCUT2D eigenvalue weighted by Crippen LogP contribution is 1.81. The maximum Gasteiger partial charge on any atom is 0.330 e. The predicted octanol–water partition coefficient (Wildman–Crippen LogP) is -0.827. The fourth-order valence-corrected chi connectivity index (χ4v) is 1.48. The molecule has 1 rings (SSSR count). The van der Waals surface area contributed by atoms with E-state index in [1.54, 1.807) is 14.2 Å². The average molecular weight is 241 g/mol. The molecule has 0 spiro atoms. The van der Waals surface area contributed by atoms with Crippen LogP contribution in [0.15, 0.2) is 21.9 Å². The van der Waals surface area contributed by atoms with Crippen LogP contribution in [0.3, 0.4) is 0 Å². The molecule has 0 aliphatic heterocycles. The maximum atomic E-state index is 11.6. The van der Waals surface area contributed by atoms with Gasteiger partial charge < -0.3 is 14.6 Å². The lowest BCUT2D eigenvalue weighted by Crippen LogP contribution is -2.38. The first-order valence-electron chi connectivity index (χ1n) is 5.63. The first-order chi connectivity index (χ1) is 8.16. The number of nitrogens with zero attached hydrogens (tertiary/aromatic N) is 2. The first kappa shape index (κ1) is 13.7. The van der Waals surface area contributed by atoms with Crippen molar-refractivity contribution >= 4 is 0 Å². The van der Waals surface area contributed by atoms with Crippen molar-refractivity contribution in [3.63, 3.8) is 0 Å². The number of aromatic nitrogens is 2. The third-order valence-corrected chi connectivity index (χ3v) is 2.46. The lowest BCUT2D eigenvalue weighted by atomic mass is 10.4. The molecule has 0 fully saturated rings. The first-order valence-corrected chi connectivity index (χ1v) is 5.63. The van der Waals surface area contributed by atoms with Crippen molar-refractivity contribution in [1.29, 1.82) is 0 Å². The van der Waals surface area contributed by atoms with Crippen LogP contribution in [0.2, 0.25) is 0 Å². The Hall–Kier alpha value is -1.40. The second kappa shape index (κ2) is 7.03. The second-order valence-corrected chi connectivity index (χ2v) is 3.80. The summed E-state index contributed by atoms with van der Waals surface area (Å²) in [6, 6.07) is 1.40. The van der Waals surface area contributed by atoms with Gasteiger partial charge in [-0.25, -0.2) is 4.79 Å². The Morgan fingerprint density at radius 3 is 2.82 bits per heavy atom. The Morgan fingerprint density at radius 1 is 1.35 bits per heavy atom. The van der Waals surface area contributed by atoms with Crippen LogP contribution in [0.4, 0.5) is 0 Å². The van der Waals surface area contributed by atoms with E-state index < -0.39 is 0 Å². The van der Waals surface area contributed by atoms with Crippen LogP contribution in [-0.4, -0.2) is 35.9 Å². The number of rotatable bonds is 7. The summed E-state index contributed by atoms with van der Waals surface area (Å²) in [5.41, 5.74) is -0.514. The van der Waals surface area contributed by atoms with Crippen LogP contribution in [0.5, 0.6) is 0 Å². The molecule has 6 nitrogen and oxygen atoms in total. The molecule has 0 amide bonds. The minimum Gasteiger partial charge on any atom is -0.383 e. The number of ether oxygens (including phenoxy) is 1. The van der Waals surface area contributed by atoms with Crippen molar-refractivity contribution in [2.75, 3.05) is 26.8 Å². The van der Waals surface area contributed by atoms with E-state index in [2.05, 4.69) is 5.32 Å². The molecule has 0 saturated carbocycles. The van der Waals surface area contributed by atoms with E-state index in [1.807, 2.05) is 0 Å². The molecule has 96 valence electrons. The molecular weight excluding hydrogens is 222 g/mol. The highest BCUT2D eigenvalue weighted by molar-refractivity contribution is 4.85. The average Bonchev–Trinajstić information content (AvgIpc) is 2.32. The number of nitrogens with one attached hydrogen (secondary N) is 1. The molecule has 1 heterocycles. The van der Waals surface area contributed by atoms with Crippen LogP contribution >= 0.6 is 0 Å². The Morgan fingerprint density at radius 2 is 2.12 bits per heavy atom. The van der Waals surface area contributed by atoms with Crippen molar-refractivity contribution in [1.82, 2.24) is 14.5 Å². The zero-order valence-electron chi connectivity index (χ0n) is 10.3. The Kier molecular flexibility index (Phi) is 5.65. The van der Waals surface area contributed by atoms with Gasteiger partial charge in [-0.1, -0.05) is 0 Å². The monoisotopic (exact) mass is 241 g/mol. The third-order valence-electron chi connectivity index (χ3n) is 2.46. The summed E-state index contributed by atoms with van der Waals surface area (Å²) in [7, 11) is 3.28. The van der Waals surface area contributed by atoms with E-state index in [0.717, 1.165) is 19.5 Å². The molecule has 1 N–H and O–H groups in total. The van der Waals surface area contributed by atoms with Gasteiger partial charge in [0.1, 0.15) is 0 Å². The quantitative estimate of drug-likeness (QED) is 0.633. The summed E-state index contributed by atoms with van der Waals surface area (Å²) in [6.07, 6.45) is 2.22. The van der Waals surface area contributed by atoms with Gasteiger partial charge in [-0.3, -0.25) is 9.36 Å². The van der Waals surface area contributed by atoms with Gasteiger partial charge in [0.15, 0.2) is 0 Å². The van der Waals surface area contributed by atoms with Crippen molar-refractivity contribution in [3.05, 3.63) is 33.1 Å². The summed E-state index contributed by atoms with van der Waals surface area (Å²) in [5, 5.41) is 3.16. The molecule has 0 bridgehead atoms. The van der Waals surface area contributed by atoms with E-state index in [0.29, 0.717) is 13.2 Å². The predicted molar refractivity (Wildman–Crippen MR) is 65.3 cm³/mol. The summed E-state index contributed by atoms with van der Waals surface area (Å²) in [5.74, 6) is 0. The highest BCUT2D eigenvalue weighted by atomic mass is 16.5. The van der Waals surface area contributed by atoms with Crippen molar-refractivity contribution in [2.45, 2.75) is 13.0 Å². The molecule has 1 aromatic heterocycles. The zero-order chi connectivity index (χ0) is 12.7. The SMILES string of the molecule is COCCNCCCn1c(=O)ccn(C)c1=O. The minimum atomic E-state index is -0.269. The van der Waals surface area contributed by atoms with Crippen molar-refractivity contribution in [3.8, 4) is 0 Å². The van der Waals surface area contributed by atoms with Crippen molar-refractivity contribution < 1.29 is 4.74 Å². The van der Waals surface area contributed by atoms with Crippen LogP contribution < -0.4 is 16.6 Å². The molecule has 0 atom stereocenters. The van der Waals surface area contributed by atoms with E-state index in [-0.39, 0.29) is 11.2 Å². The molecule has 0 saturated heterocycles. The van der Waals surface area contributed by atoms with E-state index in [4.69, 9.17) is 4.74 Å². The number of hydrogen-bond donors (Lipinski definition) is 1. The van der Waals surface area contributed by atoms with Gasteiger partial charge in [-0.05, 0) is 13.0 Å². The molecule has 0 aromatic carbocycles. The molecule has 0 aliphatic carbocycles. The van der Waals surface area contributed by atoms with Gasteiger partial charge in [0.25, 0.3) is 5.56 Å². The second-order valence-electron chi connectivity index (χ2n) is 3.80. The molecule has 0 aliphatic rings. The largest absolute Gasteiger partial charge is 0.383 e. The lowest BCUT2D eigenvalue weighted by molar-refractivity contribution is 0.199. The smallest absolute Gasteiger partial charge is 0.330 e. The minimum absolute atomic E-state index is 0.245. The Balaban J connectivity index is 2.45. The zero-order valence-corrected chi connectivity index (χ0v) is 10.3. The summed E-state index contributed by atoms with van der Waals surface area (Å²) in [6.45, 7) is 2.63. The van der Waals surface area contributed by atoms with Gasteiger partial charge in [0.05, 0.1) is 6.61 Å². The van der Waals surface area contributed by atoms with Crippen molar-refractivity contribution in [2.24, 2.45) is 7.05 Å². The number of hydrogen-bond acceptors (Lipinski definition) is 4. The van der Waals surface area contributed by atoms with E-state index in [1.165, 1.54) is 21.4 Å².